The minimum absolute atomic E-state index is 0.161. The van der Waals surface area contributed by atoms with Crippen molar-refractivity contribution in [3.8, 4) is 0 Å². The molecule has 0 rings (SSSR count). The molecule has 0 aliphatic heterocycles. The Morgan fingerprint density at radius 1 is 1.46 bits per heavy atom. The third-order valence-corrected chi connectivity index (χ3v) is 2.11. The molecule has 78 valence electrons. The molecule has 0 aliphatic rings. The van der Waals surface area contributed by atoms with Gasteiger partial charge in [-0.05, 0) is 27.3 Å². The van der Waals surface area contributed by atoms with E-state index >= 15 is 0 Å². The van der Waals surface area contributed by atoms with Crippen molar-refractivity contribution in [3.63, 3.8) is 0 Å². The highest BCUT2D eigenvalue weighted by molar-refractivity contribution is 5.67. The Kier molecular flexibility index (Phi) is 5.66. The molecule has 0 aromatic rings. The molecule has 0 saturated heterocycles. The zero-order chi connectivity index (χ0) is 10.4. The van der Waals surface area contributed by atoms with Crippen molar-refractivity contribution in [2.24, 2.45) is 0 Å². The second kappa shape index (κ2) is 5.94. The van der Waals surface area contributed by atoms with Crippen molar-refractivity contribution in [2.75, 3.05) is 13.6 Å². The number of aliphatic carboxylic acids is 1. The van der Waals surface area contributed by atoms with Gasteiger partial charge in [-0.3, -0.25) is 4.79 Å². The van der Waals surface area contributed by atoms with Crippen LogP contribution in [0.1, 0.15) is 26.7 Å². The summed E-state index contributed by atoms with van der Waals surface area (Å²) in [6, 6.07) is 0.428. The SMILES string of the molecule is CC(C)N(C)CC[C@@H](O)CC(=O)O. The van der Waals surface area contributed by atoms with Crippen LogP contribution in [0.25, 0.3) is 0 Å². The Labute approximate surface area is 79.2 Å². The summed E-state index contributed by atoms with van der Waals surface area (Å²) in [7, 11) is 1.96. The highest BCUT2D eigenvalue weighted by Crippen LogP contribution is 2.01. The average molecular weight is 189 g/mol. The molecule has 0 unspecified atom stereocenters. The smallest absolute Gasteiger partial charge is 0.305 e. The maximum atomic E-state index is 10.2. The second-order valence-electron chi connectivity index (χ2n) is 3.61. The lowest BCUT2D eigenvalue weighted by molar-refractivity contribution is -0.139. The van der Waals surface area contributed by atoms with E-state index in [0.717, 1.165) is 6.54 Å². The fourth-order valence-corrected chi connectivity index (χ4v) is 0.914. The van der Waals surface area contributed by atoms with Gasteiger partial charge in [0, 0.05) is 12.6 Å². The van der Waals surface area contributed by atoms with E-state index in [0.29, 0.717) is 12.5 Å². The molecule has 0 aromatic carbocycles. The molecule has 0 fully saturated rings. The number of rotatable bonds is 6. The van der Waals surface area contributed by atoms with Crippen LogP contribution in [-0.4, -0.2) is 46.8 Å². The Hall–Kier alpha value is -0.610. The van der Waals surface area contributed by atoms with Crippen molar-refractivity contribution < 1.29 is 15.0 Å². The van der Waals surface area contributed by atoms with Crippen LogP contribution in [-0.2, 0) is 4.79 Å². The van der Waals surface area contributed by atoms with Crippen LogP contribution in [0.15, 0.2) is 0 Å². The van der Waals surface area contributed by atoms with Crippen LogP contribution in [0, 0.1) is 0 Å². The summed E-state index contributed by atoms with van der Waals surface area (Å²) in [4.78, 5) is 12.3. The third-order valence-electron chi connectivity index (χ3n) is 2.11. The molecule has 13 heavy (non-hydrogen) atoms. The zero-order valence-corrected chi connectivity index (χ0v) is 8.53. The summed E-state index contributed by atoms with van der Waals surface area (Å²) in [5, 5.41) is 17.6. The summed E-state index contributed by atoms with van der Waals surface area (Å²) in [6.45, 7) is 4.85. The van der Waals surface area contributed by atoms with Crippen LogP contribution < -0.4 is 0 Å². The van der Waals surface area contributed by atoms with Crippen LogP contribution >= 0.6 is 0 Å². The van der Waals surface area contributed by atoms with Crippen LogP contribution in [0.5, 0.6) is 0 Å². The first-order valence-corrected chi connectivity index (χ1v) is 4.53. The molecule has 0 aromatic heterocycles. The Morgan fingerprint density at radius 3 is 2.38 bits per heavy atom. The maximum absolute atomic E-state index is 10.2. The third kappa shape index (κ3) is 6.54. The molecular formula is C9H19NO3. The molecule has 0 aliphatic carbocycles. The number of aliphatic hydroxyl groups excluding tert-OH is 1. The molecule has 0 bridgehead atoms. The molecule has 0 radical (unpaired) electrons. The van der Waals surface area contributed by atoms with Crippen molar-refractivity contribution in [1.82, 2.24) is 4.90 Å². The largest absolute Gasteiger partial charge is 0.481 e. The number of hydrogen-bond donors (Lipinski definition) is 2. The van der Waals surface area contributed by atoms with E-state index in [4.69, 9.17) is 5.11 Å². The standard InChI is InChI=1S/C9H19NO3/c1-7(2)10(3)5-4-8(11)6-9(12)13/h7-8,11H,4-6H2,1-3H3,(H,12,13)/t8-/m1/s1. The molecule has 4 nitrogen and oxygen atoms in total. The lowest BCUT2D eigenvalue weighted by Gasteiger charge is -2.21. The average Bonchev–Trinajstić information content (AvgIpc) is 1.98. The normalized spacial score (nSPS) is 13.7. The fraction of sp³-hybridized carbons (Fsp3) is 0.889. The lowest BCUT2D eigenvalue weighted by atomic mass is 10.2. The summed E-state index contributed by atoms with van der Waals surface area (Å²) >= 11 is 0. The summed E-state index contributed by atoms with van der Waals surface area (Å²) in [5.41, 5.74) is 0. The van der Waals surface area contributed by atoms with Crippen LogP contribution in [0.4, 0.5) is 0 Å². The van der Waals surface area contributed by atoms with Crippen molar-refractivity contribution in [2.45, 2.75) is 38.8 Å². The first kappa shape index (κ1) is 12.4. The zero-order valence-electron chi connectivity index (χ0n) is 8.53. The molecule has 2 N–H and O–H groups in total. The van der Waals surface area contributed by atoms with E-state index in [1.165, 1.54) is 0 Å². The first-order valence-electron chi connectivity index (χ1n) is 4.53. The van der Waals surface area contributed by atoms with Crippen LogP contribution in [0.3, 0.4) is 0 Å². The lowest BCUT2D eigenvalue weighted by Crippen LogP contribution is -2.30. The van der Waals surface area contributed by atoms with Gasteiger partial charge < -0.3 is 15.1 Å². The molecule has 0 amide bonds. The van der Waals surface area contributed by atoms with Gasteiger partial charge >= 0.3 is 5.97 Å². The van der Waals surface area contributed by atoms with Gasteiger partial charge in [-0.15, -0.1) is 0 Å². The van der Waals surface area contributed by atoms with Gasteiger partial charge in [-0.1, -0.05) is 0 Å². The van der Waals surface area contributed by atoms with Crippen molar-refractivity contribution >= 4 is 5.97 Å². The minimum Gasteiger partial charge on any atom is -0.481 e. The summed E-state index contributed by atoms with van der Waals surface area (Å²) in [6.07, 6.45) is -0.369. The van der Waals surface area contributed by atoms with Gasteiger partial charge in [0.1, 0.15) is 0 Å². The predicted molar refractivity (Wildman–Crippen MR) is 50.6 cm³/mol. The number of nitrogens with zero attached hydrogens (tertiary/aromatic N) is 1. The van der Waals surface area contributed by atoms with Crippen molar-refractivity contribution in [1.29, 1.82) is 0 Å². The van der Waals surface area contributed by atoms with E-state index < -0.39 is 12.1 Å². The van der Waals surface area contributed by atoms with E-state index in [9.17, 15) is 9.90 Å². The Balaban J connectivity index is 3.57. The highest BCUT2D eigenvalue weighted by Gasteiger charge is 2.11. The number of carboxylic acids is 1. The van der Waals surface area contributed by atoms with Crippen molar-refractivity contribution in [3.05, 3.63) is 0 Å². The summed E-state index contributed by atoms with van der Waals surface area (Å²) < 4.78 is 0. The minimum atomic E-state index is -0.945. The van der Waals surface area contributed by atoms with Gasteiger partial charge in [-0.25, -0.2) is 0 Å². The molecule has 0 saturated carbocycles. The van der Waals surface area contributed by atoms with Gasteiger partial charge in [0.05, 0.1) is 12.5 Å². The van der Waals surface area contributed by atoms with E-state index in [1.54, 1.807) is 0 Å². The van der Waals surface area contributed by atoms with E-state index in [1.807, 2.05) is 7.05 Å². The highest BCUT2D eigenvalue weighted by atomic mass is 16.4. The quantitative estimate of drug-likeness (QED) is 0.640. The number of carboxylic acid groups (broad SMARTS) is 1. The number of hydrogen-bond acceptors (Lipinski definition) is 3. The molecule has 4 heteroatoms. The molecule has 0 spiro atoms. The van der Waals surface area contributed by atoms with Crippen LogP contribution in [0.2, 0.25) is 0 Å². The number of aliphatic hydroxyl groups is 1. The Morgan fingerprint density at radius 2 is 2.00 bits per heavy atom. The Bertz CT molecular complexity index is 159. The topological polar surface area (TPSA) is 60.8 Å². The first-order chi connectivity index (χ1) is 5.93. The number of carbonyl (C=O) groups is 1. The van der Waals surface area contributed by atoms with E-state index in [-0.39, 0.29) is 6.42 Å². The van der Waals surface area contributed by atoms with Gasteiger partial charge in [-0.2, -0.15) is 0 Å². The molecule has 0 heterocycles. The molecular weight excluding hydrogens is 170 g/mol. The monoisotopic (exact) mass is 189 g/mol. The predicted octanol–water partition coefficient (Wildman–Crippen LogP) is 0.552. The van der Waals surface area contributed by atoms with E-state index in [2.05, 4.69) is 18.7 Å². The fourth-order valence-electron chi connectivity index (χ4n) is 0.914. The van der Waals surface area contributed by atoms with Gasteiger partial charge in [0.2, 0.25) is 0 Å². The van der Waals surface area contributed by atoms with Gasteiger partial charge in [0.25, 0.3) is 0 Å². The second-order valence-corrected chi connectivity index (χ2v) is 3.61. The summed E-state index contributed by atoms with van der Waals surface area (Å²) in [5.74, 6) is -0.945. The van der Waals surface area contributed by atoms with Gasteiger partial charge in [0.15, 0.2) is 0 Å². The molecule has 1 atom stereocenters. The maximum Gasteiger partial charge on any atom is 0.305 e.